The first-order valence-electron chi connectivity index (χ1n) is 6.59. The fraction of sp³-hybridized carbons (Fsp3) is 0.857. The molecule has 5 heteroatoms. The summed E-state index contributed by atoms with van der Waals surface area (Å²) < 4.78 is 10.0. The van der Waals surface area contributed by atoms with E-state index in [2.05, 4.69) is 0 Å². The fourth-order valence-electron chi connectivity index (χ4n) is 1.68. The quantitative estimate of drug-likeness (QED) is 0.703. The van der Waals surface area contributed by atoms with Crippen LogP contribution in [0.5, 0.6) is 0 Å². The summed E-state index contributed by atoms with van der Waals surface area (Å²) in [6.07, 6.45) is 2.53. The molecule has 0 bridgehead atoms. The lowest BCUT2D eigenvalue weighted by molar-refractivity contribution is -0.153. The first kappa shape index (κ1) is 16.3. The van der Waals surface area contributed by atoms with Gasteiger partial charge in [-0.05, 0) is 46.0 Å². The Labute approximate surface area is 119 Å². The number of rotatable bonds is 6. The van der Waals surface area contributed by atoms with Crippen molar-refractivity contribution in [1.29, 1.82) is 0 Å². The van der Waals surface area contributed by atoms with Gasteiger partial charge in [-0.15, -0.1) is 11.8 Å². The van der Waals surface area contributed by atoms with Crippen LogP contribution in [0.15, 0.2) is 0 Å². The van der Waals surface area contributed by atoms with Gasteiger partial charge in [-0.1, -0.05) is 0 Å². The number of hydrogen-bond donors (Lipinski definition) is 0. The molecule has 0 aromatic heterocycles. The van der Waals surface area contributed by atoms with Gasteiger partial charge in [0.1, 0.15) is 5.60 Å². The Kier molecular flexibility index (Phi) is 5.30. The lowest BCUT2D eigenvalue weighted by Gasteiger charge is -2.23. The van der Waals surface area contributed by atoms with E-state index in [9.17, 15) is 9.59 Å². The number of hydrogen-bond acceptors (Lipinski definition) is 5. The van der Waals surface area contributed by atoms with E-state index in [-0.39, 0.29) is 22.6 Å². The summed E-state index contributed by atoms with van der Waals surface area (Å²) in [4.78, 5) is 23.2. The summed E-state index contributed by atoms with van der Waals surface area (Å²) in [6, 6.07) is 0. The third kappa shape index (κ3) is 5.85. The Balaban J connectivity index is 2.36. The highest BCUT2D eigenvalue weighted by Gasteiger charge is 2.45. The molecule has 1 atom stereocenters. The van der Waals surface area contributed by atoms with E-state index in [1.807, 2.05) is 27.7 Å². The number of carbonyl (C=O) groups is 2. The van der Waals surface area contributed by atoms with Gasteiger partial charge in [0.05, 0.1) is 18.8 Å². The normalized spacial score (nSPS) is 18.6. The molecule has 1 fully saturated rings. The average Bonchev–Trinajstić information content (AvgIpc) is 3.03. The summed E-state index contributed by atoms with van der Waals surface area (Å²) in [5.74, 6) is 0.456. The molecular weight excluding hydrogens is 264 g/mol. The van der Waals surface area contributed by atoms with Crippen LogP contribution in [0.25, 0.3) is 0 Å². The smallest absolute Gasteiger partial charge is 0.319 e. The van der Waals surface area contributed by atoms with Crippen LogP contribution in [0, 0.1) is 5.41 Å². The Bertz CT molecular complexity index is 342. The molecule has 0 aromatic rings. The first-order valence-corrected chi connectivity index (χ1v) is 7.64. The van der Waals surface area contributed by atoms with Gasteiger partial charge >= 0.3 is 11.9 Å². The van der Waals surface area contributed by atoms with Gasteiger partial charge in [-0.25, -0.2) is 0 Å². The van der Waals surface area contributed by atoms with E-state index in [0.717, 1.165) is 18.6 Å². The molecule has 4 nitrogen and oxygen atoms in total. The maximum Gasteiger partial charge on any atom is 0.319 e. The number of esters is 2. The molecule has 0 aromatic carbocycles. The molecular formula is C14H24O4S. The largest absolute Gasteiger partial charge is 0.469 e. The van der Waals surface area contributed by atoms with E-state index in [4.69, 9.17) is 9.47 Å². The summed E-state index contributed by atoms with van der Waals surface area (Å²) in [6.45, 7) is 7.44. The highest BCUT2D eigenvalue weighted by atomic mass is 32.2. The SMILES string of the molecule is COC(=O)CC1(CSC(C)C(=O)OC(C)(C)C)CC1. The van der Waals surface area contributed by atoms with Crippen molar-refractivity contribution < 1.29 is 19.1 Å². The molecule has 0 heterocycles. The Morgan fingerprint density at radius 1 is 1.32 bits per heavy atom. The third-order valence-corrected chi connectivity index (χ3v) is 4.55. The predicted molar refractivity (Wildman–Crippen MR) is 76.1 cm³/mol. The van der Waals surface area contributed by atoms with Gasteiger partial charge in [0.2, 0.25) is 0 Å². The molecule has 0 amide bonds. The van der Waals surface area contributed by atoms with Crippen LogP contribution in [-0.4, -0.2) is 35.7 Å². The van der Waals surface area contributed by atoms with E-state index in [1.165, 1.54) is 7.11 Å². The van der Waals surface area contributed by atoms with Crippen molar-refractivity contribution >= 4 is 23.7 Å². The average molecular weight is 288 g/mol. The summed E-state index contributed by atoms with van der Waals surface area (Å²) in [5, 5.41) is -0.200. The van der Waals surface area contributed by atoms with E-state index >= 15 is 0 Å². The minimum atomic E-state index is -0.449. The monoisotopic (exact) mass is 288 g/mol. The van der Waals surface area contributed by atoms with Crippen molar-refractivity contribution in [2.75, 3.05) is 12.9 Å². The van der Waals surface area contributed by atoms with Crippen LogP contribution in [0.2, 0.25) is 0 Å². The molecule has 0 spiro atoms. The standard InChI is InChI=1S/C14H24O4S/c1-10(12(16)18-13(2,3)4)19-9-14(6-7-14)8-11(15)17-5/h10H,6-9H2,1-5H3. The van der Waals surface area contributed by atoms with Crippen molar-refractivity contribution in [3.8, 4) is 0 Å². The zero-order valence-electron chi connectivity index (χ0n) is 12.4. The van der Waals surface area contributed by atoms with Crippen molar-refractivity contribution in [2.45, 2.75) is 57.8 Å². The predicted octanol–water partition coefficient (Wildman–Crippen LogP) is 2.79. The summed E-state index contributed by atoms with van der Waals surface area (Å²) in [5.41, 5.74) is -0.400. The lowest BCUT2D eigenvalue weighted by Crippen LogP contribution is -2.29. The minimum absolute atomic E-state index is 0.0496. The van der Waals surface area contributed by atoms with E-state index in [0.29, 0.717) is 6.42 Å². The van der Waals surface area contributed by atoms with Crippen molar-refractivity contribution in [1.82, 2.24) is 0 Å². The Hall–Kier alpha value is -0.710. The van der Waals surface area contributed by atoms with Crippen LogP contribution in [0.4, 0.5) is 0 Å². The highest BCUT2D eigenvalue weighted by Crippen LogP contribution is 2.51. The fourth-order valence-corrected chi connectivity index (χ4v) is 2.86. The molecule has 1 rings (SSSR count). The van der Waals surface area contributed by atoms with Crippen molar-refractivity contribution in [2.24, 2.45) is 5.41 Å². The van der Waals surface area contributed by atoms with Gasteiger partial charge in [0.25, 0.3) is 0 Å². The summed E-state index contributed by atoms with van der Waals surface area (Å²) in [7, 11) is 1.41. The molecule has 19 heavy (non-hydrogen) atoms. The van der Waals surface area contributed by atoms with E-state index in [1.54, 1.807) is 11.8 Å². The molecule has 1 saturated carbocycles. The van der Waals surface area contributed by atoms with Crippen LogP contribution >= 0.6 is 11.8 Å². The van der Waals surface area contributed by atoms with Crippen molar-refractivity contribution in [3.63, 3.8) is 0 Å². The molecule has 0 radical (unpaired) electrons. The van der Waals surface area contributed by atoms with Gasteiger partial charge in [-0.3, -0.25) is 9.59 Å². The van der Waals surface area contributed by atoms with Gasteiger partial charge in [0.15, 0.2) is 0 Å². The number of carbonyl (C=O) groups excluding carboxylic acids is 2. The maximum absolute atomic E-state index is 11.8. The minimum Gasteiger partial charge on any atom is -0.469 e. The molecule has 1 aliphatic carbocycles. The number of ether oxygens (including phenoxy) is 2. The Morgan fingerprint density at radius 3 is 2.32 bits per heavy atom. The van der Waals surface area contributed by atoms with Crippen molar-refractivity contribution in [3.05, 3.63) is 0 Å². The molecule has 110 valence electrons. The molecule has 1 unspecified atom stereocenters. The second-order valence-corrected chi connectivity index (χ2v) is 7.57. The second kappa shape index (κ2) is 6.16. The third-order valence-electron chi connectivity index (χ3n) is 3.08. The molecule has 0 aliphatic heterocycles. The van der Waals surface area contributed by atoms with Gasteiger partial charge < -0.3 is 9.47 Å². The molecule has 1 aliphatic rings. The van der Waals surface area contributed by atoms with Gasteiger partial charge in [0, 0.05) is 5.75 Å². The highest BCUT2D eigenvalue weighted by molar-refractivity contribution is 8.00. The lowest BCUT2D eigenvalue weighted by atomic mass is 10.1. The number of methoxy groups -OCH3 is 1. The van der Waals surface area contributed by atoms with Crippen LogP contribution < -0.4 is 0 Å². The first-order chi connectivity index (χ1) is 8.67. The van der Waals surface area contributed by atoms with Crippen LogP contribution in [0.3, 0.4) is 0 Å². The van der Waals surface area contributed by atoms with Gasteiger partial charge in [-0.2, -0.15) is 0 Å². The zero-order valence-corrected chi connectivity index (χ0v) is 13.3. The molecule has 0 saturated heterocycles. The zero-order chi connectivity index (χ0) is 14.7. The van der Waals surface area contributed by atoms with Crippen LogP contribution in [-0.2, 0) is 19.1 Å². The topological polar surface area (TPSA) is 52.6 Å². The summed E-state index contributed by atoms with van der Waals surface area (Å²) >= 11 is 1.56. The molecule has 0 N–H and O–H groups in total. The Morgan fingerprint density at radius 2 is 1.89 bits per heavy atom. The number of thioether (sulfide) groups is 1. The van der Waals surface area contributed by atoms with Crippen LogP contribution in [0.1, 0.15) is 47.0 Å². The van der Waals surface area contributed by atoms with E-state index < -0.39 is 5.60 Å². The second-order valence-electron chi connectivity index (χ2n) is 6.24. The maximum atomic E-state index is 11.8.